The van der Waals surface area contributed by atoms with E-state index in [4.69, 9.17) is 0 Å². The van der Waals surface area contributed by atoms with Gasteiger partial charge in [0.05, 0.1) is 11.9 Å². The summed E-state index contributed by atoms with van der Waals surface area (Å²) in [6.07, 6.45) is 1.69. The van der Waals surface area contributed by atoms with Crippen LogP contribution in [0.5, 0.6) is 0 Å². The summed E-state index contributed by atoms with van der Waals surface area (Å²) in [7, 11) is 0. The molecule has 0 spiro atoms. The molecule has 0 aliphatic rings. The summed E-state index contributed by atoms with van der Waals surface area (Å²) in [5.74, 6) is 0.321. The number of rotatable bonds is 4. The fourth-order valence-corrected chi connectivity index (χ4v) is 1.42. The van der Waals surface area contributed by atoms with Crippen LogP contribution in [0.15, 0.2) is 18.3 Å². The number of nitrogens with zero attached hydrogens (tertiary/aromatic N) is 1. The van der Waals surface area contributed by atoms with Crippen molar-refractivity contribution in [3.8, 4) is 0 Å². The highest BCUT2D eigenvalue weighted by Gasteiger charge is 2.11. The third-order valence-corrected chi connectivity index (χ3v) is 2.19. The summed E-state index contributed by atoms with van der Waals surface area (Å²) < 4.78 is 0. The molecular weight excluding hydrogens is 226 g/mol. The van der Waals surface area contributed by atoms with Crippen LogP contribution in [0.4, 0.5) is 5.69 Å². The largest absolute Gasteiger partial charge is 0.379 e. The quantitative estimate of drug-likeness (QED) is 0.862. The molecule has 0 radical (unpaired) electrons. The monoisotopic (exact) mass is 249 g/mol. The molecule has 0 unspecified atom stereocenters. The molecule has 1 rings (SSSR count). The number of carbonyl (C=O) groups excluding carboxylic acids is 1. The Labute approximate surface area is 109 Å². The molecule has 0 bridgehead atoms. The molecule has 1 heterocycles. The van der Waals surface area contributed by atoms with Gasteiger partial charge in [0.15, 0.2) is 0 Å². The van der Waals surface area contributed by atoms with E-state index in [1.807, 2.05) is 6.07 Å². The van der Waals surface area contributed by atoms with Gasteiger partial charge in [0.1, 0.15) is 5.69 Å². The Morgan fingerprint density at radius 1 is 1.33 bits per heavy atom. The highest BCUT2D eigenvalue weighted by Crippen LogP contribution is 2.13. The van der Waals surface area contributed by atoms with E-state index in [9.17, 15) is 4.79 Å². The molecule has 18 heavy (non-hydrogen) atoms. The Bertz CT molecular complexity index is 390. The Balaban J connectivity index is 2.62. The van der Waals surface area contributed by atoms with E-state index in [2.05, 4.69) is 50.2 Å². The van der Waals surface area contributed by atoms with Gasteiger partial charge in [-0.3, -0.25) is 4.79 Å². The van der Waals surface area contributed by atoms with E-state index >= 15 is 0 Å². The van der Waals surface area contributed by atoms with Crippen LogP contribution in [0, 0.1) is 5.92 Å². The van der Waals surface area contributed by atoms with Gasteiger partial charge in [-0.05, 0) is 38.8 Å². The molecule has 4 nitrogen and oxygen atoms in total. The zero-order valence-electron chi connectivity index (χ0n) is 11.9. The first-order valence-electron chi connectivity index (χ1n) is 6.30. The van der Waals surface area contributed by atoms with Crippen LogP contribution in [0.25, 0.3) is 0 Å². The third kappa shape index (κ3) is 5.17. The summed E-state index contributed by atoms with van der Waals surface area (Å²) in [6, 6.07) is 3.62. The van der Waals surface area contributed by atoms with Gasteiger partial charge in [0.25, 0.3) is 5.91 Å². The van der Waals surface area contributed by atoms with Crippen LogP contribution in [-0.4, -0.2) is 23.0 Å². The third-order valence-electron chi connectivity index (χ3n) is 2.19. The normalized spacial score (nSPS) is 11.4. The van der Waals surface area contributed by atoms with Crippen molar-refractivity contribution in [2.45, 2.75) is 40.2 Å². The van der Waals surface area contributed by atoms with Crippen LogP contribution >= 0.6 is 0 Å². The molecule has 0 fully saturated rings. The van der Waals surface area contributed by atoms with Crippen molar-refractivity contribution in [1.29, 1.82) is 0 Å². The van der Waals surface area contributed by atoms with E-state index in [0.717, 1.165) is 5.69 Å². The van der Waals surface area contributed by atoms with E-state index < -0.39 is 0 Å². The van der Waals surface area contributed by atoms with Gasteiger partial charge in [-0.15, -0.1) is 0 Å². The van der Waals surface area contributed by atoms with E-state index in [1.165, 1.54) is 0 Å². The van der Waals surface area contributed by atoms with E-state index in [0.29, 0.717) is 18.2 Å². The van der Waals surface area contributed by atoms with Gasteiger partial charge in [0, 0.05) is 12.1 Å². The smallest absolute Gasteiger partial charge is 0.269 e. The van der Waals surface area contributed by atoms with Gasteiger partial charge < -0.3 is 10.6 Å². The minimum atomic E-state index is -0.119. The number of nitrogens with one attached hydrogen (secondary N) is 2. The van der Waals surface area contributed by atoms with E-state index in [1.54, 1.807) is 12.3 Å². The average molecular weight is 249 g/mol. The van der Waals surface area contributed by atoms with Crippen molar-refractivity contribution < 1.29 is 4.79 Å². The molecule has 0 aliphatic carbocycles. The molecule has 1 aromatic heterocycles. The molecule has 0 saturated heterocycles. The molecule has 4 heteroatoms. The Kier molecular flexibility index (Phi) is 4.70. The number of carbonyl (C=O) groups is 1. The zero-order chi connectivity index (χ0) is 13.8. The molecule has 0 aliphatic heterocycles. The van der Waals surface area contributed by atoms with Crippen molar-refractivity contribution in [3.63, 3.8) is 0 Å². The highest BCUT2D eigenvalue weighted by atomic mass is 16.1. The minimum absolute atomic E-state index is 0.0108. The molecule has 2 N–H and O–H groups in total. The van der Waals surface area contributed by atoms with Crippen LogP contribution in [0.1, 0.15) is 45.1 Å². The van der Waals surface area contributed by atoms with Crippen molar-refractivity contribution >= 4 is 11.6 Å². The highest BCUT2D eigenvalue weighted by molar-refractivity contribution is 5.92. The molecule has 0 atom stereocenters. The minimum Gasteiger partial charge on any atom is -0.379 e. The maximum atomic E-state index is 11.8. The summed E-state index contributed by atoms with van der Waals surface area (Å²) in [6.45, 7) is 11.0. The zero-order valence-corrected chi connectivity index (χ0v) is 11.9. The van der Waals surface area contributed by atoms with Crippen molar-refractivity contribution in [1.82, 2.24) is 10.3 Å². The van der Waals surface area contributed by atoms with Gasteiger partial charge in [-0.25, -0.2) is 4.98 Å². The first-order chi connectivity index (χ1) is 8.28. The van der Waals surface area contributed by atoms with Crippen molar-refractivity contribution in [3.05, 3.63) is 24.0 Å². The second kappa shape index (κ2) is 5.85. The number of pyridine rings is 1. The molecule has 100 valence electrons. The van der Waals surface area contributed by atoms with Crippen LogP contribution < -0.4 is 10.6 Å². The van der Waals surface area contributed by atoms with E-state index in [-0.39, 0.29) is 11.4 Å². The lowest BCUT2D eigenvalue weighted by atomic mass is 10.1. The second-order valence-electron chi connectivity index (χ2n) is 5.91. The van der Waals surface area contributed by atoms with Crippen LogP contribution in [-0.2, 0) is 0 Å². The summed E-state index contributed by atoms with van der Waals surface area (Å²) in [5.41, 5.74) is 1.36. The lowest BCUT2D eigenvalue weighted by molar-refractivity contribution is 0.0944. The number of aromatic nitrogens is 1. The first-order valence-corrected chi connectivity index (χ1v) is 6.30. The maximum Gasteiger partial charge on any atom is 0.269 e. The Morgan fingerprint density at radius 3 is 2.44 bits per heavy atom. The standard InChI is InChI=1S/C14H23N3O/c1-10(2)8-16-13(18)12-7-6-11(9-15-12)17-14(3,4)5/h6-7,9-10,17H,8H2,1-5H3,(H,16,18). The Morgan fingerprint density at radius 2 is 2.00 bits per heavy atom. The van der Waals surface area contributed by atoms with Gasteiger partial charge in [-0.2, -0.15) is 0 Å². The molecule has 1 amide bonds. The molecular formula is C14H23N3O. The lowest BCUT2D eigenvalue weighted by Crippen LogP contribution is -2.28. The van der Waals surface area contributed by atoms with Gasteiger partial charge in [-0.1, -0.05) is 13.8 Å². The summed E-state index contributed by atoms with van der Waals surface area (Å²) >= 11 is 0. The average Bonchev–Trinajstić information content (AvgIpc) is 2.24. The fourth-order valence-electron chi connectivity index (χ4n) is 1.42. The first kappa shape index (κ1) is 14.5. The molecule has 1 aromatic rings. The number of hydrogen-bond donors (Lipinski definition) is 2. The van der Waals surface area contributed by atoms with Crippen molar-refractivity contribution in [2.24, 2.45) is 5.92 Å². The van der Waals surface area contributed by atoms with Crippen LogP contribution in [0.3, 0.4) is 0 Å². The van der Waals surface area contributed by atoms with Crippen LogP contribution in [0.2, 0.25) is 0 Å². The predicted molar refractivity (Wildman–Crippen MR) is 74.8 cm³/mol. The number of hydrogen-bond acceptors (Lipinski definition) is 3. The van der Waals surface area contributed by atoms with Crippen molar-refractivity contribution in [2.75, 3.05) is 11.9 Å². The molecule has 0 saturated carbocycles. The Hall–Kier alpha value is -1.58. The number of amides is 1. The second-order valence-corrected chi connectivity index (χ2v) is 5.91. The topological polar surface area (TPSA) is 54.0 Å². The maximum absolute atomic E-state index is 11.8. The van der Waals surface area contributed by atoms with Gasteiger partial charge in [0.2, 0.25) is 0 Å². The van der Waals surface area contributed by atoms with Gasteiger partial charge >= 0.3 is 0 Å². The summed E-state index contributed by atoms with van der Waals surface area (Å²) in [4.78, 5) is 15.9. The fraction of sp³-hybridized carbons (Fsp3) is 0.571. The number of anilines is 1. The summed E-state index contributed by atoms with van der Waals surface area (Å²) in [5, 5.41) is 6.15. The lowest BCUT2D eigenvalue weighted by Gasteiger charge is -2.21. The predicted octanol–water partition coefficient (Wildman–Crippen LogP) is 2.68. The SMILES string of the molecule is CC(C)CNC(=O)c1ccc(NC(C)(C)C)cn1. The molecule has 0 aromatic carbocycles.